The lowest BCUT2D eigenvalue weighted by molar-refractivity contribution is 0.0962. The van der Waals surface area contributed by atoms with Gasteiger partial charge in [0.1, 0.15) is 5.75 Å². The molecule has 0 aliphatic rings. The van der Waals surface area contributed by atoms with Crippen LogP contribution in [0.5, 0.6) is 5.75 Å². The van der Waals surface area contributed by atoms with Gasteiger partial charge in [0.15, 0.2) is 0 Å². The van der Waals surface area contributed by atoms with Crippen LogP contribution in [0.25, 0.3) is 0 Å². The molecule has 0 unspecified atom stereocenters. The predicted molar refractivity (Wildman–Crippen MR) is 85.1 cm³/mol. The van der Waals surface area contributed by atoms with E-state index in [1.54, 1.807) is 25.2 Å². The second kappa shape index (κ2) is 17.4. The Morgan fingerprint density at radius 2 is 1.75 bits per heavy atom. The normalized spacial score (nSPS) is 7.65. The van der Waals surface area contributed by atoms with E-state index >= 15 is 0 Å². The Morgan fingerprint density at radius 3 is 2.10 bits per heavy atom. The predicted octanol–water partition coefficient (Wildman–Crippen LogP) is 2.17. The van der Waals surface area contributed by atoms with Gasteiger partial charge in [-0.3, -0.25) is 4.79 Å². The molecule has 0 saturated heterocycles. The maximum Gasteiger partial charge on any atom is 0.251 e. The highest BCUT2D eigenvalue weighted by molar-refractivity contribution is 5.94. The van der Waals surface area contributed by atoms with E-state index in [2.05, 4.69) is 11.1 Å². The highest BCUT2D eigenvalue weighted by atomic mass is 16.5. The van der Waals surface area contributed by atoms with Crippen LogP contribution in [0.2, 0.25) is 0 Å². The maximum atomic E-state index is 11.3. The van der Waals surface area contributed by atoms with Crippen LogP contribution in [0.1, 0.15) is 43.6 Å². The minimum Gasteiger partial charge on any atom is -0.496 e. The number of carbonyl (C=O) groups excluding carboxylic acids is 1. The fourth-order valence-corrected chi connectivity index (χ4v) is 1.16. The second-order valence-corrected chi connectivity index (χ2v) is 2.76. The van der Waals surface area contributed by atoms with Gasteiger partial charge in [0.25, 0.3) is 5.91 Å². The van der Waals surface area contributed by atoms with Crippen molar-refractivity contribution in [1.82, 2.24) is 5.32 Å². The molecule has 0 atom stereocenters. The minimum atomic E-state index is -0.173. The van der Waals surface area contributed by atoms with Crippen molar-refractivity contribution in [3.63, 3.8) is 0 Å². The van der Waals surface area contributed by atoms with Gasteiger partial charge < -0.3 is 20.9 Å². The second-order valence-electron chi connectivity index (χ2n) is 2.76. The zero-order valence-corrected chi connectivity index (χ0v) is 13.8. The summed E-state index contributed by atoms with van der Waals surface area (Å²) < 4.78 is 5.03. The molecule has 0 radical (unpaired) electrons. The maximum absolute atomic E-state index is 11.3. The van der Waals surface area contributed by atoms with Crippen molar-refractivity contribution in [1.29, 1.82) is 0 Å². The number of rotatable bonds is 3. The number of carbonyl (C=O) groups is 1. The summed E-state index contributed by atoms with van der Waals surface area (Å²) in [6, 6.07) is 4.92. The SMILES string of the molecule is CC.CC.CN.CNC(=O)c1ccc(CO)c(OC)c1. The monoisotopic (exact) mass is 286 g/mol. The minimum absolute atomic E-state index is 0.100. The number of ether oxygens (including phenoxy) is 1. The number of hydrogen-bond acceptors (Lipinski definition) is 4. The van der Waals surface area contributed by atoms with E-state index in [4.69, 9.17) is 9.84 Å². The average molecular weight is 286 g/mol. The van der Waals surface area contributed by atoms with Crippen LogP contribution in [0, 0.1) is 0 Å². The molecule has 4 N–H and O–H groups in total. The van der Waals surface area contributed by atoms with Crippen molar-refractivity contribution in [3.05, 3.63) is 29.3 Å². The highest BCUT2D eigenvalue weighted by Gasteiger charge is 2.07. The first-order valence-electron chi connectivity index (χ1n) is 6.80. The Morgan fingerprint density at radius 1 is 1.25 bits per heavy atom. The fourth-order valence-electron chi connectivity index (χ4n) is 1.16. The Balaban J connectivity index is -0.000000425. The summed E-state index contributed by atoms with van der Waals surface area (Å²) in [7, 11) is 4.57. The van der Waals surface area contributed by atoms with Crippen LogP contribution in [-0.4, -0.2) is 32.2 Å². The molecule has 1 amide bonds. The van der Waals surface area contributed by atoms with Gasteiger partial charge in [0, 0.05) is 18.2 Å². The Labute approximate surface area is 123 Å². The molecule has 0 bridgehead atoms. The number of amides is 1. The summed E-state index contributed by atoms with van der Waals surface area (Å²) in [6.07, 6.45) is 0. The molecule has 0 aliphatic carbocycles. The van der Waals surface area contributed by atoms with Crippen LogP contribution in [0.4, 0.5) is 0 Å². The first-order chi connectivity index (χ1) is 9.72. The summed E-state index contributed by atoms with van der Waals surface area (Å²) in [4.78, 5) is 11.3. The van der Waals surface area contributed by atoms with Crippen LogP contribution < -0.4 is 15.8 Å². The third-order valence-corrected chi connectivity index (χ3v) is 1.95. The lowest BCUT2D eigenvalue weighted by Crippen LogP contribution is -2.17. The third kappa shape index (κ3) is 8.50. The van der Waals surface area contributed by atoms with E-state index in [9.17, 15) is 4.79 Å². The quantitative estimate of drug-likeness (QED) is 0.795. The number of hydrogen-bond donors (Lipinski definition) is 3. The van der Waals surface area contributed by atoms with Crippen molar-refractivity contribution < 1.29 is 14.6 Å². The number of aliphatic hydroxyl groups is 1. The van der Waals surface area contributed by atoms with Gasteiger partial charge in [-0.15, -0.1) is 0 Å². The highest BCUT2D eigenvalue weighted by Crippen LogP contribution is 2.19. The van der Waals surface area contributed by atoms with E-state index in [-0.39, 0.29) is 12.5 Å². The van der Waals surface area contributed by atoms with Gasteiger partial charge in [0.05, 0.1) is 13.7 Å². The molecule has 1 aromatic rings. The molecule has 0 aliphatic heterocycles. The van der Waals surface area contributed by atoms with Gasteiger partial charge in [-0.25, -0.2) is 0 Å². The van der Waals surface area contributed by atoms with Crippen LogP contribution in [0.15, 0.2) is 18.2 Å². The fraction of sp³-hybridized carbons (Fsp3) is 0.533. The molecular formula is C15H30N2O3. The molecule has 0 spiro atoms. The molecule has 0 saturated carbocycles. The topological polar surface area (TPSA) is 84.6 Å². The van der Waals surface area contributed by atoms with E-state index in [0.29, 0.717) is 16.9 Å². The zero-order chi connectivity index (χ0) is 16.6. The number of nitrogens with one attached hydrogen (secondary N) is 1. The molecule has 1 rings (SSSR count). The van der Waals surface area contributed by atoms with Gasteiger partial charge in [-0.2, -0.15) is 0 Å². The zero-order valence-electron chi connectivity index (χ0n) is 13.8. The van der Waals surface area contributed by atoms with E-state index < -0.39 is 0 Å². The largest absolute Gasteiger partial charge is 0.496 e. The molecule has 20 heavy (non-hydrogen) atoms. The average Bonchev–Trinajstić information content (AvgIpc) is 2.58. The summed E-state index contributed by atoms with van der Waals surface area (Å²) in [6.45, 7) is 7.90. The number of methoxy groups -OCH3 is 1. The lowest BCUT2D eigenvalue weighted by atomic mass is 10.1. The number of nitrogens with two attached hydrogens (primary N) is 1. The van der Waals surface area contributed by atoms with E-state index in [0.717, 1.165) is 0 Å². The van der Waals surface area contributed by atoms with Crippen molar-refractivity contribution in [2.24, 2.45) is 5.73 Å². The smallest absolute Gasteiger partial charge is 0.251 e. The number of benzene rings is 1. The molecule has 118 valence electrons. The molecule has 0 fully saturated rings. The summed E-state index contributed by atoms with van der Waals surface area (Å²) in [5, 5.41) is 11.5. The number of aliphatic hydroxyl groups excluding tert-OH is 1. The molecule has 0 heterocycles. The first-order valence-corrected chi connectivity index (χ1v) is 6.80. The van der Waals surface area contributed by atoms with Crippen LogP contribution in [-0.2, 0) is 6.61 Å². The summed E-state index contributed by atoms with van der Waals surface area (Å²) >= 11 is 0. The summed E-state index contributed by atoms with van der Waals surface area (Å²) in [5.41, 5.74) is 5.68. The van der Waals surface area contributed by atoms with Crippen molar-refractivity contribution in [2.75, 3.05) is 21.2 Å². The van der Waals surface area contributed by atoms with Crippen LogP contribution in [0.3, 0.4) is 0 Å². The Kier molecular flexibility index (Phi) is 20.5. The summed E-state index contributed by atoms with van der Waals surface area (Å²) in [5.74, 6) is 0.349. The van der Waals surface area contributed by atoms with E-state index in [1.807, 2.05) is 27.7 Å². The van der Waals surface area contributed by atoms with Gasteiger partial charge in [-0.05, 0) is 19.2 Å². The first kappa shape index (κ1) is 23.5. The Bertz CT molecular complexity index is 342. The molecule has 1 aromatic carbocycles. The Hall–Kier alpha value is -1.59. The van der Waals surface area contributed by atoms with Gasteiger partial charge in [-0.1, -0.05) is 33.8 Å². The van der Waals surface area contributed by atoms with Crippen molar-refractivity contribution in [3.8, 4) is 5.75 Å². The van der Waals surface area contributed by atoms with Gasteiger partial charge >= 0.3 is 0 Å². The molecule has 5 heteroatoms. The van der Waals surface area contributed by atoms with Gasteiger partial charge in [0.2, 0.25) is 0 Å². The van der Waals surface area contributed by atoms with Crippen LogP contribution >= 0.6 is 0 Å². The van der Waals surface area contributed by atoms with Crippen molar-refractivity contribution >= 4 is 5.91 Å². The van der Waals surface area contributed by atoms with E-state index in [1.165, 1.54) is 14.2 Å². The molecule has 5 nitrogen and oxygen atoms in total. The third-order valence-electron chi connectivity index (χ3n) is 1.95. The standard InChI is InChI=1S/C10H13NO3.2C2H6.CH5N/c1-11-10(13)7-3-4-8(6-12)9(5-7)14-2;3*1-2/h3-5,12H,6H2,1-2H3,(H,11,13);2*1-2H3;2H2,1H3. The molecular weight excluding hydrogens is 256 g/mol. The molecule has 0 aromatic heterocycles. The van der Waals surface area contributed by atoms with Crippen molar-refractivity contribution in [2.45, 2.75) is 34.3 Å². The lowest BCUT2D eigenvalue weighted by Gasteiger charge is -2.07.